The zero-order chi connectivity index (χ0) is 9.97. The number of hydrogen-bond acceptors (Lipinski definition) is 2. The normalized spacial score (nSPS) is 17.9. The van der Waals surface area contributed by atoms with E-state index in [4.69, 9.17) is 0 Å². The number of H-pyrrole nitrogens is 1. The van der Waals surface area contributed by atoms with Crippen LogP contribution in [-0.4, -0.2) is 22.2 Å². The number of aromatic amines is 1. The van der Waals surface area contributed by atoms with Gasteiger partial charge in [-0.15, -0.1) is 0 Å². The number of aryl methyl sites for hydroxylation is 1. The van der Waals surface area contributed by atoms with Gasteiger partial charge in [0.15, 0.2) is 0 Å². The van der Waals surface area contributed by atoms with Crippen molar-refractivity contribution in [3.63, 3.8) is 0 Å². The summed E-state index contributed by atoms with van der Waals surface area (Å²) in [6.45, 7) is 2.28. The number of thioether (sulfide) groups is 1. The van der Waals surface area contributed by atoms with E-state index in [0.29, 0.717) is 5.92 Å². The zero-order valence-corrected chi connectivity index (χ0v) is 9.78. The molecule has 2 nitrogen and oxygen atoms in total. The van der Waals surface area contributed by atoms with Gasteiger partial charge in [-0.05, 0) is 37.5 Å². The number of rotatable bonds is 3. The summed E-state index contributed by atoms with van der Waals surface area (Å²) in [7, 11) is 0. The van der Waals surface area contributed by atoms with Gasteiger partial charge in [0, 0.05) is 17.4 Å². The van der Waals surface area contributed by atoms with Gasteiger partial charge in [0.25, 0.3) is 0 Å². The SMILES string of the molecule is CSCC(C)c1n[nH]c2c1CCCC2. The van der Waals surface area contributed by atoms with Gasteiger partial charge in [-0.2, -0.15) is 16.9 Å². The Morgan fingerprint density at radius 3 is 3.00 bits per heavy atom. The topological polar surface area (TPSA) is 28.7 Å². The quantitative estimate of drug-likeness (QED) is 0.831. The van der Waals surface area contributed by atoms with E-state index in [1.165, 1.54) is 48.4 Å². The molecule has 1 atom stereocenters. The third kappa shape index (κ3) is 1.83. The largest absolute Gasteiger partial charge is 0.282 e. The second-order valence-corrected chi connectivity index (χ2v) is 5.04. The van der Waals surface area contributed by atoms with Gasteiger partial charge in [0.1, 0.15) is 0 Å². The molecule has 2 rings (SSSR count). The van der Waals surface area contributed by atoms with Gasteiger partial charge in [0.05, 0.1) is 5.69 Å². The first kappa shape index (κ1) is 10.1. The van der Waals surface area contributed by atoms with E-state index >= 15 is 0 Å². The molecule has 0 saturated heterocycles. The maximum absolute atomic E-state index is 4.48. The summed E-state index contributed by atoms with van der Waals surface area (Å²) in [5.74, 6) is 1.78. The Balaban J connectivity index is 2.21. The summed E-state index contributed by atoms with van der Waals surface area (Å²) in [4.78, 5) is 0. The van der Waals surface area contributed by atoms with E-state index in [9.17, 15) is 0 Å². The van der Waals surface area contributed by atoms with E-state index in [2.05, 4.69) is 23.4 Å². The highest BCUT2D eigenvalue weighted by Gasteiger charge is 2.19. The monoisotopic (exact) mass is 210 g/mol. The Labute approximate surface area is 89.9 Å². The molecule has 1 aromatic rings. The lowest BCUT2D eigenvalue weighted by molar-refractivity contribution is 0.669. The first-order valence-electron chi connectivity index (χ1n) is 5.38. The van der Waals surface area contributed by atoms with Gasteiger partial charge in [0.2, 0.25) is 0 Å². The minimum absolute atomic E-state index is 0.600. The molecule has 0 amide bonds. The molecule has 0 bridgehead atoms. The first-order chi connectivity index (χ1) is 6.83. The molecule has 1 aliphatic rings. The highest BCUT2D eigenvalue weighted by atomic mass is 32.2. The number of nitrogens with one attached hydrogen (secondary N) is 1. The van der Waals surface area contributed by atoms with E-state index < -0.39 is 0 Å². The molecular weight excluding hydrogens is 192 g/mol. The van der Waals surface area contributed by atoms with Crippen LogP contribution >= 0.6 is 11.8 Å². The number of hydrogen-bond donors (Lipinski definition) is 1. The average Bonchev–Trinajstić information content (AvgIpc) is 2.61. The fourth-order valence-electron chi connectivity index (χ4n) is 2.24. The predicted molar refractivity (Wildman–Crippen MR) is 62.0 cm³/mol. The van der Waals surface area contributed by atoms with E-state index in [-0.39, 0.29) is 0 Å². The molecule has 1 aliphatic carbocycles. The molecule has 0 aliphatic heterocycles. The zero-order valence-electron chi connectivity index (χ0n) is 8.97. The van der Waals surface area contributed by atoms with E-state index in [1.54, 1.807) is 0 Å². The highest BCUT2D eigenvalue weighted by molar-refractivity contribution is 7.98. The van der Waals surface area contributed by atoms with Crippen LogP contribution in [0.15, 0.2) is 0 Å². The van der Waals surface area contributed by atoms with Crippen molar-refractivity contribution in [2.24, 2.45) is 0 Å². The third-order valence-corrected chi connectivity index (χ3v) is 3.81. The van der Waals surface area contributed by atoms with Crippen molar-refractivity contribution in [2.45, 2.75) is 38.5 Å². The first-order valence-corrected chi connectivity index (χ1v) is 6.77. The summed E-state index contributed by atoms with van der Waals surface area (Å²) >= 11 is 1.90. The fraction of sp³-hybridized carbons (Fsp3) is 0.727. The number of aromatic nitrogens is 2. The Kier molecular flexibility index (Phi) is 3.16. The number of nitrogens with zero attached hydrogens (tertiary/aromatic N) is 1. The van der Waals surface area contributed by atoms with Gasteiger partial charge in [-0.3, -0.25) is 5.10 Å². The van der Waals surface area contributed by atoms with Gasteiger partial charge < -0.3 is 0 Å². The van der Waals surface area contributed by atoms with Gasteiger partial charge >= 0.3 is 0 Å². The second kappa shape index (κ2) is 4.39. The molecule has 14 heavy (non-hydrogen) atoms. The third-order valence-electron chi connectivity index (χ3n) is 2.97. The summed E-state index contributed by atoms with van der Waals surface area (Å²) in [5, 5.41) is 7.68. The predicted octanol–water partition coefficient (Wildman–Crippen LogP) is 2.76. The average molecular weight is 210 g/mol. The molecule has 0 fully saturated rings. The van der Waals surface area contributed by atoms with Crippen LogP contribution in [0.1, 0.15) is 42.6 Å². The van der Waals surface area contributed by atoms with Crippen molar-refractivity contribution >= 4 is 11.8 Å². The molecule has 1 unspecified atom stereocenters. The Morgan fingerprint density at radius 2 is 2.21 bits per heavy atom. The van der Waals surface area contributed by atoms with Gasteiger partial charge in [-0.1, -0.05) is 6.92 Å². The second-order valence-electron chi connectivity index (χ2n) is 4.13. The summed E-state index contributed by atoms with van der Waals surface area (Å²) in [6.07, 6.45) is 7.26. The molecule has 0 radical (unpaired) electrons. The Bertz CT molecular complexity index is 306. The van der Waals surface area contributed by atoms with E-state index in [1.807, 2.05) is 11.8 Å². The Morgan fingerprint density at radius 1 is 1.43 bits per heavy atom. The van der Waals surface area contributed by atoms with Gasteiger partial charge in [-0.25, -0.2) is 0 Å². The van der Waals surface area contributed by atoms with Crippen LogP contribution in [0, 0.1) is 0 Å². The van der Waals surface area contributed by atoms with Crippen LogP contribution in [0.4, 0.5) is 0 Å². The van der Waals surface area contributed by atoms with Crippen molar-refractivity contribution in [1.29, 1.82) is 0 Å². The lowest BCUT2D eigenvalue weighted by Crippen LogP contribution is -2.05. The van der Waals surface area contributed by atoms with Crippen LogP contribution in [0.3, 0.4) is 0 Å². The minimum Gasteiger partial charge on any atom is -0.282 e. The summed E-state index contributed by atoms with van der Waals surface area (Å²) in [5.41, 5.74) is 4.26. The molecule has 0 saturated carbocycles. The van der Waals surface area contributed by atoms with Crippen molar-refractivity contribution in [3.05, 3.63) is 17.0 Å². The number of fused-ring (bicyclic) bond motifs is 1. The molecule has 1 aromatic heterocycles. The molecule has 1 heterocycles. The Hall–Kier alpha value is -0.440. The van der Waals surface area contributed by atoms with Crippen LogP contribution in [0.25, 0.3) is 0 Å². The van der Waals surface area contributed by atoms with Crippen molar-refractivity contribution in [1.82, 2.24) is 10.2 Å². The molecule has 3 heteroatoms. The summed E-state index contributed by atoms with van der Waals surface area (Å²) in [6, 6.07) is 0. The molecule has 78 valence electrons. The highest BCUT2D eigenvalue weighted by Crippen LogP contribution is 2.28. The lowest BCUT2D eigenvalue weighted by atomic mass is 9.92. The van der Waals surface area contributed by atoms with Crippen molar-refractivity contribution in [2.75, 3.05) is 12.0 Å². The smallest absolute Gasteiger partial charge is 0.0693 e. The van der Waals surface area contributed by atoms with Crippen LogP contribution in [0.2, 0.25) is 0 Å². The van der Waals surface area contributed by atoms with E-state index in [0.717, 1.165) is 0 Å². The minimum atomic E-state index is 0.600. The van der Waals surface area contributed by atoms with Crippen molar-refractivity contribution in [3.8, 4) is 0 Å². The standard InChI is InChI=1S/C11H18N2S/c1-8(7-14-2)11-9-5-3-4-6-10(9)12-13-11/h8H,3-7H2,1-2H3,(H,12,13). The summed E-state index contributed by atoms with van der Waals surface area (Å²) < 4.78 is 0. The van der Waals surface area contributed by atoms with Crippen LogP contribution in [-0.2, 0) is 12.8 Å². The van der Waals surface area contributed by atoms with Crippen LogP contribution in [0.5, 0.6) is 0 Å². The maximum Gasteiger partial charge on any atom is 0.0693 e. The molecule has 0 spiro atoms. The van der Waals surface area contributed by atoms with Crippen LogP contribution < -0.4 is 0 Å². The maximum atomic E-state index is 4.48. The lowest BCUT2D eigenvalue weighted by Gasteiger charge is -2.14. The fourth-order valence-corrected chi connectivity index (χ4v) is 2.90. The molecule has 1 N–H and O–H groups in total. The molecule has 0 aromatic carbocycles. The molecular formula is C11H18N2S. The van der Waals surface area contributed by atoms with Crippen molar-refractivity contribution < 1.29 is 0 Å².